The minimum absolute atomic E-state index is 0.00847. The van der Waals surface area contributed by atoms with Gasteiger partial charge < -0.3 is 9.73 Å². The molecule has 9 heteroatoms. The Hall–Kier alpha value is -3.23. The number of anilines is 1. The molecule has 0 unspecified atom stereocenters. The number of oxazole rings is 1. The summed E-state index contributed by atoms with van der Waals surface area (Å²) in [6.45, 7) is 0.168. The number of hydrogen-bond donors (Lipinski definition) is 1. The van der Waals surface area contributed by atoms with Gasteiger partial charge in [0.15, 0.2) is 0 Å². The molecule has 158 valence electrons. The molecule has 1 heterocycles. The highest BCUT2D eigenvalue weighted by Crippen LogP contribution is 2.33. The van der Waals surface area contributed by atoms with Crippen molar-refractivity contribution in [1.29, 1.82) is 0 Å². The van der Waals surface area contributed by atoms with Crippen LogP contribution in [0.15, 0.2) is 87.1 Å². The maximum atomic E-state index is 13.3. The first-order chi connectivity index (χ1) is 14.8. The Kier molecular flexibility index (Phi) is 5.75. The normalized spacial score (nSPS) is 11.5. The van der Waals surface area contributed by atoms with Gasteiger partial charge in [0.2, 0.25) is 26.6 Å². The lowest BCUT2D eigenvalue weighted by Crippen LogP contribution is -2.07. The Balaban J connectivity index is 1.74. The smallest absolute Gasteiger partial charge is 0.234 e. The quantitative estimate of drug-likeness (QED) is 0.398. The van der Waals surface area contributed by atoms with Gasteiger partial charge in [0.05, 0.1) is 4.90 Å². The summed E-state index contributed by atoms with van der Waals surface area (Å²) in [4.78, 5) is 4.16. The van der Waals surface area contributed by atoms with Crippen molar-refractivity contribution in [2.24, 2.45) is 0 Å². The van der Waals surface area contributed by atoms with Crippen LogP contribution < -0.4 is 5.32 Å². The van der Waals surface area contributed by atoms with E-state index in [1.807, 2.05) is 0 Å². The van der Waals surface area contributed by atoms with Crippen molar-refractivity contribution in [2.75, 3.05) is 5.32 Å². The summed E-state index contributed by atoms with van der Waals surface area (Å²) < 4.78 is 58.5. The van der Waals surface area contributed by atoms with Crippen molar-refractivity contribution >= 4 is 27.3 Å². The topological polar surface area (TPSA) is 72.2 Å². The molecular formula is C22H15ClF2N2O3S. The van der Waals surface area contributed by atoms with Gasteiger partial charge in [0.1, 0.15) is 11.6 Å². The van der Waals surface area contributed by atoms with Crippen LogP contribution >= 0.6 is 11.6 Å². The van der Waals surface area contributed by atoms with E-state index in [0.717, 1.165) is 0 Å². The first-order valence-electron chi connectivity index (χ1n) is 9.09. The molecule has 0 spiro atoms. The minimum Gasteiger partial charge on any atom is -0.419 e. The Morgan fingerprint density at radius 2 is 1.45 bits per heavy atom. The summed E-state index contributed by atoms with van der Waals surface area (Å²) >= 11 is 5.87. The third-order valence-corrected chi connectivity index (χ3v) is 6.36. The molecule has 0 radical (unpaired) electrons. The summed E-state index contributed by atoms with van der Waals surface area (Å²) in [5.41, 5.74) is 1.11. The number of aromatic nitrogens is 1. The van der Waals surface area contributed by atoms with Crippen molar-refractivity contribution < 1.29 is 21.6 Å². The molecule has 4 rings (SSSR count). The number of rotatable bonds is 6. The SMILES string of the molecule is O=S(=O)(c1ccc(Cl)cc1)c1nc(-c2ccc(F)cc2)oc1NCc1ccc(F)cc1. The fourth-order valence-corrected chi connectivity index (χ4v) is 4.23. The van der Waals surface area contributed by atoms with Crippen LogP contribution in [0.2, 0.25) is 5.02 Å². The second kappa shape index (κ2) is 8.49. The van der Waals surface area contributed by atoms with Crippen LogP contribution in [0.3, 0.4) is 0 Å². The van der Waals surface area contributed by atoms with E-state index < -0.39 is 15.7 Å². The molecule has 1 N–H and O–H groups in total. The molecule has 0 bridgehead atoms. The van der Waals surface area contributed by atoms with Crippen LogP contribution in [-0.4, -0.2) is 13.4 Å². The molecule has 5 nitrogen and oxygen atoms in total. The van der Waals surface area contributed by atoms with Gasteiger partial charge in [-0.25, -0.2) is 17.2 Å². The summed E-state index contributed by atoms with van der Waals surface area (Å²) in [7, 11) is -4.05. The number of halogens is 3. The van der Waals surface area contributed by atoms with Gasteiger partial charge in [-0.15, -0.1) is 0 Å². The van der Waals surface area contributed by atoms with Crippen molar-refractivity contribution in [1.82, 2.24) is 4.98 Å². The van der Waals surface area contributed by atoms with E-state index in [4.69, 9.17) is 16.0 Å². The highest BCUT2D eigenvalue weighted by Gasteiger charge is 2.28. The fourth-order valence-electron chi connectivity index (χ4n) is 2.83. The van der Waals surface area contributed by atoms with E-state index in [0.29, 0.717) is 16.1 Å². The molecule has 4 aromatic rings. The summed E-state index contributed by atoms with van der Waals surface area (Å²) in [5, 5.41) is 2.97. The first-order valence-corrected chi connectivity index (χ1v) is 10.9. The van der Waals surface area contributed by atoms with Crippen LogP contribution in [0, 0.1) is 11.6 Å². The van der Waals surface area contributed by atoms with Crippen molar-refractivity contribution in [2.45, 2.75) is 16.5 Å². The zero-order valence-electron chi connectivity index (χ0n) is 15.8. The largest absolute Gasteiger partial charge is 0.419 e. The van der Waals surface area contributed by atoms with Crippen LogP contribution in [0.1, 0.15) is 5.56 Å². The van der Waals surface area contributed by atoms with Gasteiger partial charge in [-0.2, -0.15) is 4.98 Å². The van der Waals surface area contributed by atoms with Gasteiger partial charge in [-0.3, -0.25) is 0 Å². The predicted octanol–water partition coefficient (Wildman–Crippen LogP) is 5.72. The van der Waals surface area contributed by atoms with Gasteiger partial charge >= 0.3 is 0 Å². The standard InChI is InChI=1S/C22H15ClF2N2O3S/c23-16-5-11-19(12-6-16)31(28,29)22-21(26-13-14-1-7-17(24)8-2-14)30-20(27-22)15-3-9-18(25)10-4-15/h1-12,26H,13H2. The molecule has 0 aliphatic heterocycles. The van der Waals surface area contributed by atoms with E-state index in [2.05, 4.69) is 10.3 Å². The zero-order chi connectivity index (χ0) is 22.0. The Morgan fingerprint density at radius 3 is 2.06 bits per heavy atom. The van der Waals surface area contributed by atoms with Crippen molar-refractivity contribution in [3.8, 4) is 11.5 Å². The second-order valence-electron chi connectivity index (χ2n) is 6.60. The van der Waals surface area contributed by atoms with Gasteiger partial charge in [-0.1, -0.05) is 23.7 Å². The highest BCUT2D eigenvalue weighted by atomic mass is 35.5. The van der Waals surface area contributed by atoms with E-state index in [1.165, 1.54) is 60.7 Å². The Labute approximate surface area is 182 Å². The predicted molar refractivity (Wildman–Crippen MR) is 113 cm³/mol. The number of nitrogens with zero attached hydrogens (tertiary/aromatic N) is 1. The highest BCUT2D eigenvalue weighted by molar-refractivity contribution is 7.91. The lowest BCUT2D eigenvalue weighted by molar-refractivity contribution is 0.576. The fraction of sp³-hybridized carbons (Fsp3) is 0.0455. The van der Waals surface area contributed by atoms with E-state index >= 15 is 0 Å². The van der Waals surface area contributed by atoms with Crippen LogP contribution in [0.25, 0.3) is 11.5 Å². The summed E-state index contributed by atoms with van der Waals surface area (Å²) in [6.07, 6.45) is 0. The van der Waals surface area contributed by atoms with E-state index in [9.17, 15) is 17.2 Å². The van der Waals surface area contributed by atoms with E-state index in [1.54, 1.807) is 12.1 Å². The third kappa shape index (κ3) is 4.60. The average Bonchev–Trinajstić information content (AvgIpc) is 3.19. The van der Waals surface area contributed by atoms with Crippen molar-refractivity contribution in [3.63, 3.8) is 0 Å². The molecule has 0 atom stereocenters. The number of nitrogens with one attached hydrogen (secondary N) is 1. The molecule has 0 fully saturated rings. The molecule has 0 aliphatic rings. The lowest BCUT2D eigenvalue weighted by atomic mass is 10.2. The van der Waals surface area contributed by atoms with Gasteiger partial charge in [0, 0.05) is 17.1 Å². The van der Waals surface area contributed by atoms with Gasteiger partial charge in [0.25, 0.3) is 0 Å². The maximum absolute atomic E-state index is 13.3. The van der Waals surface area contributed by atoms with E-state index in [-0.39, 0.29) is 34.1 Å². The van der Waals surface area contributed by atoms with Crippen LogP contribution in [0.4, 0.5) is 14.7 Å². The monoisotopic (exact) mass is 460 g/mol. The Bertz CT molecular complexity index is 1300. The molecule has 0 saturated heterocycles. The molecule has 0 saturated carbocycles. The van der Waals surface area contributed by atoms with Crippen LogP contribution in [0.5, 0.6) is 0 Å². The summed E-state index contributed by atoms with van der Waals surface area (Å²) in [5.74, 6) is -0.903. The Morgan fingerprint density at radius 1 is 0.871 bits per heavy atom. The van der Waals surface area contributed by atoms with Crippen molar-refractivity contribution in [3.05, 3.63) is 95.0 Å². The molecule has 0 aliphatic carbocycles. The van der Waals surface area contributed by atoms with Crippen LogP contribution in [-0.2, 0) is 16.4 Å². The molecule has 3 aromatic carbocycles. The molecular weight excluding hydrogens is 446 g/mol. The maximum Gasteiger partial charge on any atom is 0.234 e. The first kappa shape index (κ1) is 21.0. The molecule has 0 amide bonds. The van der Waals surface area contributed by atoms with Gasteiger partial charge in [-0.05, 0) is 66.2 Å². The minimum atomic E-state index is -4.05. The summed E-state index contributed by atoms with van der Waals surface area (Å²) in [6, 6.07) is 16.7. The average molecular weight is 461 g/mol. The third-order valence-electron chi connectivity index (χ3n) is 4.43. The molecule has 31 heavy (non-hydrogen) atoms. The second-order valence-corrected chi connectivity index (χ2v) is 8.90. The number of benzene rings is 3. The number of hydrogen-bond acceptors (Lipinski definition) is 5. The number of sulfone groups is 1. The molecule has 1 aromatic heterocycles. The zero-order valence-corrected chi connectivity index (χ0v) is 17.4. The lowest BCUT2D eigenvalue weighted by Gasteiger charge is -2.06.